The van der Waals surface area contributed by atoms with Crippen molar-refractivity contribution in [2.75, 3.05) is 23.8 Å². The van der Waals surface area contributed by atoms with Crippen LogP contribution in [0.4, 0.5) is 17.1 Å². The Morgan fingerprint density at radius 3 is 2.81 bits per heavy atom. The first-order valence-corrected chi connectivity index (χ1v) is 5.18. The molecule has 16 heavy (non-hydrogen) atoms. The van der Waals surface area contributed by atoms with E-state index in [1.54, 1.807) is 18.2 Å². The van der Waals surface area contributed by atoms with E-state index in [2.05, 4.69) is 24.1 Å². The van der Waals surface area contributed by atoms with E-state index in [-0.39, 0.29) is 16.1 Å². The fraction of sp³-hybridized carbons (Fsp3) is 0.455. The average molecular weight is 221 g/mol. The fourth-order valence-electron chi connectivity index (χ4n) is 1.83. The van der Waals surface area contributed by atoms with Crippen LogP contribution in [0.1, 0.15) is 13.8 Å². The lowest BCUT2D eigenvalue weighted by atomic mass is 9.98. The van der Waals surface area contributed by atoms with Crippen LogP contribution in [0.3, 0.4) is 0 Å². The summed E-state index contributed by atoms with van der Waals surface area (Å²) in [4.78, 5) is 12.4. The molecule has 1 aliphatic rings. The van der Waals surface area contributed by atoms with Crippen LogP contribution in [0.25, 0.3) is 0 Å². The van der Waals surface area contributed by atoms with Gasteiger partial charge in [0.1, 0.15) is 0 Å². The Hall–Kier alpha value is -1.78. The maximum Gasteiger partial charge on any atom is 0.271 e. The molecule has 0 saturated carbocycles. The summed E-state index contributed by atoms with van der Waals surface area (Å²) in [6.07, 6.45) is 0. The third-order valence-electron chi connectivity index (χ3n) is 3.17. The topological polar surface area (TPSA) is 58.4 Å². The smallest absolute Gasteiger partial charge is 0.271 e. The molecule has 1 aromatic rings. The van der Waals surface area contributed by atoms with Crippen molar-refractivity contribution in [1.82, 2.24) is 0 Å². The van der Waals surface area contributed by atoms with Crippen molar-refractivity contribution in [3.8, 4) is 0 Å². The molecule has 1 heterocycles. The standard InChI is InChI=1S/C11H15N3O2/c1-11(2)7-12-9-6-8(14(15)16)4-5-10(9)13(11)3/h4-6,12H,7H2,1-3H3. The fourth-order valence-corrected chi connectivity index (χ4v) is 1.83. The van der Waals surface area contributed by atoms with Gasteiger partial charge in [-0.1, -0.05) is 0 Å². The lowest BCUT2D eigenvalue weighted by Crippen LogP contribution is -2.49. The maximum atomic E-state index is 10.7. The number of nitro benzene ring substituents is 1. The molecule has 1 aliphatic heterocycles. The third-order valence-corrected chi connectivity index (χ3v) is 3.17. The van der Waals surface area contributed by atoms with E-state index in [1.165, 1.54) is 0 Å². The summed E-state index contributed by atoms with van der Waals surface area (Å²) < 4.78 is 0. The number of rotatable bonds is 1. The molecule has 5 heteroatoms. The first-order chi connectivity index (χ1) is 7.42. The number of hydrogen-bond donors (Lipinski definition) is 1. The quantitative estimate of drug-likeness (QED) is 0.583. The predicted molar refractivity (Wildman–Crippen MR) is 64.1 cm³/mol. The molecule has 0 bridgehead atoms. The van der Waals surface area contributed by atoms with Crippen LogP contribution in [0.5, 0.6) is 0 Å². The van der Waals surface area contributed by atoms with E-state index in [0.717, 1.165) is 17.9 Å². The first kappa shape index (κ1) is 10.7. The summed E-state index contributed by atoms with van der Waals surface area (Å²) in [5.74, 6) is 0. The molecule has 0 unspecified atom stereocenters. The number of non-ortho nitro benzene ring substituents is 1. The van der Waals surface area contributed by atoms with Crippen molar-refractivity contribution in [3.63, 3.8) is 0 Å². The van der Waals surface area contributed by atoms with Crippen LogP contribution in [0.2, 0.25) is 0 Å². The normalized spacial score (nSPS) is 17.6. The third kappa shape index (κ3) is 1.58. The molecule has 0 atom stereocenters. The second-order valence-electron chi connectivity index (χ2n) is 4.68. The summed E-state index contributed by atoms with van der Waals surface area (Å²) in [5, 5.41) is 13.9. The van der Waals surface area contributed by atoms with Crippen molar-refractivity contribution in [2.45, 2.75) is 19.4 Å². The van der Waals surface area contributed by atoms with Crippen molar-refractivity contribution in [3.05, 3.63) is 28.3 Å². The Labute approximate surface area is 94.2 Å². The zero-order chi connectivity index (χ0) is 11.9. The molecular formula is C11H15N3O2. The van der Waals surface area contributed by atoms with Gasteiger partial charge in [0.15, 0.2) is 0 Å². The number of fused-ring (bicyclic) bond motifs is 1. The number of anilines is 2. The number of nitrogens with one attached hydrogen (secondary N) is 1. The van der Waals surface area contributed by atoms with Gasteiger partial charge < -0.3 is 10.2 Å². The van der Waals surface area contributed by atoms with Crippen LogP contribution in [0.15, 0.2) is 18.2 Å². The van der Waals surface area contributed by atoms with Crippen LogP contribution < -0.4 is 10.2 Å². The van der Waals surface area contributed by atoms with E-state index in [4.69, 9.17) is 0 Å². The zero-order valence-electron chi connectivity index (χ0n) is 9.65. The van der Waals surface area contributed by atoms with Gasteiger partial charge in [0, 0.05) is 25.7 Å². The minimum atomic E-state index is -0.373. The Bertz CT molecular complexity index is 443. The van der Waals surface area contributed by atoms with Crippen molar-refractivity contribution in [2.24, 2.45) is 0 Å². The van der Waals surface area contributed by atoms with Gasteiger partial charge in [-0.25, -0.2) is 0 Å². The number of nitrogens with zero attached hydrogens (tertiary/aromatic N) is 2. The molecule has 5 nitrogen and oxygen atoms in total. The molecule has 0 radical (unpaired) electrons. The summed E-state index contributed by atoms with van der Waals surface area (Å²) in [7, 11) is 2.01. The lowest BCUT2D eigenvalue weighted by Gasteiger charge is -2.43. The Kier molecular flexibility index (Phi) is 2.26. The Morgan fingerprint density at radius 2 is 2.19 bits per heavy atom. The molecule has 0 fully saturated rings. The average Bonchev–Trinajstić information content (AvgIpc) is 2.23. The zero-order valence-corrected chi connectivity index (χ0v) is 9.65. The van der Waals surface area contributed by atoms with Crippen LogP contribution in [-0.4, -0.2) is 24.1 Å². The molecule has 0 aromatic heterocycles. The van der Waals surface area contributed by atoms with Gasteiger partial charge in [-0.15, -0.1) is 0 Å². The highest BCUT2D eigenvalue weighted by Crippen LogP contribution is 2.36. The molecule has 0 aliphatic carbocycles. The summed E-state index contributed by atoms with van der Waals surface area (Å²) in [6.45, 7) is 5.03. The highest BCUT2D eigenvalue weighted by Gasteiger charge is 2.30. The highest BCUT2D eigenvalue weighted by molar-refractivity contribution is 5.75. The predicted octanol–water partition coefficient (Wildman–Crippen LogP) is 2.24. The van der Waals surface area contributed by atoms with Gasteiger partial charge >= 0.3 is 0 Å². The minimum Gasteiger partial charge on any atom is -0.381 e. The molecule has 0 saturated heterocycles. The SMILES string of the molecule is CN1c2ccc([N+](=O)[O-])cc2NCC1(C)C. The number of hydrogen-bond acceptors (Lipinski definition) is 4. The van der Waals surface area contributed by atoms with Gasteiger partial charge in [-0.3, -0.25) is 10.1 Å². The van der Waals surface area contributed by atoms with Gasteiger partial charge in [-0.05, 0) is 19.9 Å². The number of nitro groups is 1. The van der Waals surface area contributed by atoms with Crippen LogP contribution in [-0.2, 0) is 0 Å². The molecular weight excluding hydrogens is 206 g/mol. The largest absolute Gasteiger partial charge is 0.381 e. The van der Waals surface area contributed by atoms with E-state index in [1.807, 2.05) is 7.05 Å². The van der Waals surface area contributed by atoms with Crippen molar-refractivity contribution in [1.29, 1.82) is 0 Å². The van der Waals surface area contributed by atoms with Gasteiger partial charge in [0.25, 0.3) is 5.69 Å². The van der Waals surface area contributed by atoms with Crippen LogP contribution in [0, 0.1) is 10.1 Å². The number of likely N-dealkylation sites (N-methyl/N-ethyl adjacent to an activating group) is 1. The molecule has 0 amide bonds. The summed E-state index contributed by atoms with van der Waals surface area (Å²) >= 11 is 0. The van der Waals surface area contributed by atoms with E-state index < -0.39 is 0 Å². The summed E-state index contributed by atoms with van der Waals surface area (Å²) in [6, 6.07) is 4.92. The second kappa shape index (κ2) is 3.37. The van der Waals surface area contributed by atoms with Gasteiger partial charge in [0.2, 0.25) is 0 Å². The number of benzene rings is 1. The monoisotopic (exact) mass is 221 g/mol. The molecule has 1 aromatic carbocycles. The molecule has 1 N–H and O–H groups in total. The Balaban J connectivity index is 2.45. The van der Waals surface area contributed by atoms with E-state index in [9.17, 15) is 10.1 Å². The van der Waals surface area contributed by atoms with Gasteiger partial charge in [-0.2, -0.15) is 0 Å². The van der Waals surface area contributed by atoms with Crippen LogP contribution >= 0.6 is 0 Å². The van der Waals surface area contributed by atoms with Gasteiger partial charge in [0.05, 0.1) is 21.8 Å². The summed E-state index contributed by atoms with van der Waals surface area (Å²) in [5.41, 5.74) is 1.97. The first-order valence-electron chi connectivity index (χ1n) is 5.18. The molecule has 2 rings (SSSR count). The lowest BCUT2D eigenvalue weighted by molar-refractivity contribution is -0.384. The molecule has 0 spiro atoms. The second-order valence-corrected chi connectivity index (χ2v) is 4.68. The minimum absolute atomic E-state index is 0.0170. The van der Waals surface area contributed by atoms with E-state index in [0.29, 0.717) is 0 Å². The maximum absolute atomic E-state index is 10.7. The van der Waals surface area contributed by atoms with E-state index >= 15 is 0 Å². The highest BCUT2D eigenvalue weighted by atomic mass is 16.6. The van der Waals surface area contributed by atoms with Crippen molar-refractivity contribution >= 4 is 17.1 Å². The Morgan fingerprint density at radius 1 is 1.50 bits per heavy atom. The molecule has 86 valence electrons. The van der Waals surface area contributed by atoms with Crippen molar-refractivity contribution < 1.29 is 4.92 Å².